The number of nitrogen functional groups attached to an aromatic ring is 1. The number of aryl methyl sites for hydroxylation is 1. The van der Waals surface area contributed by atoms with Crippen LogP contribution in [0, 0.1) is 12.8 Å². The molecule has 1 aliphatic rings. The highest BCUT2D eigenvalue weighted by Crippen LogP contribution is 2.35. The number of likely N-dealkylation sites (tertiary alicyclic amines) is 1. The Morgan fingerprint density at radius 3 is 2.50 bits per heavy atom. The molecule has 3 heteroatoms. The minimum absolute atomic E-state index is 0.646. The Kier molecular flexibility index (Phi) is 4.92. The molecule has 1 heterocycles. The molecule has 0 radical (unpaired) electrons. The molecule has 0 aliphatic carbocycles. The Morgan fingerprint density at radius 1 is 1.30 bits per heavy atom. The van der Waals surface area contributed by atoms with Crippen LogP contribution in [0.4, 0.5) is 5.69 Å². The number of nitrogens with two attached hydrogens (primary N) is 1. The molecule has 3 nitrogen and oxygen atoms in total. The van der Waals surface area contributed by atoms with Crippen LogP contribution in [0.3, 0.4) is 0 Å². The minimum atomic E-state index is 0.646. The Balaban J connectivity index is 2.07. The highest BCUT2D eigenvalue weighted by atomic mass is 16.5. The van der Waals surface area contributed by atoms with Crippen molar-refractivity contribution < 1.29 is 4.74 Å². The molecule has 0 bridgehead atoms. The van der Waals surface area contributed by atoms with Gasteiger partial charge in [-0.1, -0.05) is 13.8 Å². The molecule has 1 aromatic carbocycles. The van der Waals surface area contributed by atoms with Gasteiger partial charge in [-0.15, -0.1) is 0 Å². The molecule has 0 saturated carbocycles. The van der Waals surface area contributed by atoms with Crippen molar-refractivity contribution in [3.05, 3.63) is 23.3 Å². The molecular formula is C17H28N2O. The summed E-state index contributed by atoms with van der Waals surface area (Å²) in [7, 11) is 1.69. The first-order valence-corrected chi connectivity index (χ1v) is 7.67. The van der Waals surface area contributed by atoms with Gasteiger partial charge in [-0.3, -0.25) is 0 Å². The number of anilines is 1. The molecule has 2 N–H and O–H groups in total. The van der Waals surface area contributed by atoms with Crippen LogP contribution in [-0.2, 0) is 0 Å². The van der Waals surface area contributed by atoms with E-state index in [1.807, 2.05) is 0 Å². The summed E-state index contributed by atoms with van der Waals surface area (Å²) in [6.45, 7) is 10.4. The molecule has 0 unspecified atom stereocenters. The second-order valence-electron chi connectivity index (χ2n) is 6.42. The van der Waals surface area contributed by atoms with E-state index >= 15 is 0 Å². The molecule has 0 spiro atoms. The van der Waals surface area contributed by atoms with Crippen molar-refractivity contribution in [3.63, 3.8) is 0 Å². The molecule has 20 heavy (non-hydrogen) atoms. The zero-order valence-corrected chi connectivity index (χ0v) is 13.3. The molecule has 0 atom stereocenters. The number of nitrogens with zero attached hydrogens (tertiary/aromatic N) is 1. The van der Waals surface area contributed by atoms with Crippen molar-refractivity contribution in [3.8, 4) is 5.75 Å². The maximum Gasteiger partial charge on any atom is 0.142 e. The van der Waals surface area contributed by atoms with E-state index in [0.717, 1.165) is 17.4 Å². The van der Waals surface area contributed by atoms with Crippen molar-refractivity contribution in [1.29, 1.82) is 0 Å². The predicted octanol–water partition coefficient (Wildman–Crippen LogP) is 3.42. The summed E-state index contributed by atoms with van der Waals surface area (Å²) in [6.07, 6.45) is 2.47. The molecule has 112 valence electrons. The van der Waals surface area contributed by atoms with E-state index in [2.05, 4.69) is 37.8 Å². The Bertz CT molecular complexity index is 449. The van der Waals surface area contributed by atoms with Crippen LogP contribution in [0.25, 0.3) is 0 Å². The van der Waals surface area contributed by atoms with Gasteiger partial charge in [0, 0.05) is 6.54 Å². The first kappa shape index (κ1) is 15.2. The fourth-order valence-electron chi connectivity index (χ4n) is 3.29. The molecule has 1 aliphatic heterocycles. The third-order valence-corrected chi connectivity index (χ3v) is 4.27. The van der Waals surface area contributed by atoms with Crippen LogP contribution < -0.4 is 10.5 Å². The van der Waals surface area contributed by atoms with Crippen molar-refractivity contribution in [2.45, 2.75) is 39.5 Å². The molecular weight excluding hydrogens is 248 g/mol. The average molecular weight is 276 g/mol. The average Bonchev–Trinajstić information content (AvgIpc) is 2.39. The standard InChI is InChI=1S/C17H28N2O/c1-12(2)11-19-7-5-14(6-8-19)15-10-17(20-4)16(18)9-13(15)3/h9-10,12,14H,5-8,11,18H2,1-4H3. The number of methoxy groups -OCH3 is 1. The number of ether oxygens (including phenoxy) is 1. The van der Waals surface area contributed by atoms with E-state index < -0.39 is 0 Å². The summed E-state index contributed by atoms with van der Waals surface area (Å²) in [5.74, 6) is 2.22. The lowest BCUT2D eigenvalue weighted by Gasteiger charge is -2.34. The van der Waals surface area contributed by atoms with Crippen molar-refractivity contribution in [1.82, 2.24) is 4.90 Å². The number of hydrogen-bond donors (Lipinski definition) is 1. The first-order chi connectivity index (χ1) is 9.51. The second kappa shape index (κ2) is 6.49. The monoisotopic (exact) mass is 276 g/mol. The van der Waals surface area contributed by atoms with E-state index in [1.54, 1.807) is 7.11 Å². The van der Waals surface area contributed by atoms with Gasteiger partial charge in [0.05, 0.1) is 12.8 Å². The normalized spacial score (nSPS) is 17.6. The number of hydrogen-bond acceptors (Lipinski definition) is 3. The lowest BCUT2D eigenvalue weighted by molar-refractivity contribution is 0.192. The Hall–Kier alpha value is -1.22. The van der Waals surface area contributed by atoms with Crippen molar-refractivity contribution >= 4 is 5.69 Å². The number of benzene rings is 1. The van der Waals surface area contributed by atoms with Gasteiger partial charge in [-0.25, -0.2) is 0 Å². The van der Waals surface area contributed by atoms with E-state index in [-0.39, 0.29) is 0 Å². The quantitative estimate of drug-likeness (QED) is 0.856. The Morgan fingerprint density at radius 2 is 1.95 bits per heavy atom. The summed E-state index contributed by atoms with van der Waals surface area (Å²) >= 11 is 0. The number of rotatable bonds is 4. The van der Waals surface area contributed by atoms with Crippen LogP contribution in [-0.4, -0.2) is 31.6 Å². The van der Waals surface area contributed by atoms with Gasteiger partial charge in [-0.2, -0.15) is 0 Å². The van der Waals surface area contributed by atoms with Gasteiger partial charge in [0.25, 0.3) is 0 Å². The fourth-order valence-corrected chi connectivity index (χ4v) is 3.29. The van der Waals surface area contributed by atoms with E-state index in [4.69, 9.17) is 10.5 Å². The van der Waals surface area contributed by atoms with Gasteiger partial charge in [0.15, 0.2) is 0 Å². The first-order valence-electron chi connectivity index (χ1n) is 7.67. The zero-order valence-electron chi connectivity index (χ0n) is 13.3. The Labute approximate surface area is 123 Å². The molecule has 2 rings (SSSR count). The largest absolute Gasteiger partial charge is 0.495 e. The third-order valence-electron chi connectivity index (χ3n) is 4.27. The summed E-state index contributed by atoms with van der Waals surface area (Å²) in [4.78, 5) is 2.59. The molecule has 0 aromatic heterocycles. The molecule has 1 fully saturated rings. The van der Waals surface area contributed by atoms with Crippen LogP contribution >= 0.6 is 0 Å². The van der Waals surface area contributed by atoms with Gasteiger partial charge < -0.3 is 15.4 Å². The van der Waals surface area contributed by atoms with E-state index in [9.17, 15) is 0 Å². The van der Waals surface area contributed by atoms with Gasteiger partial charge in [-0.05, 0) is 68.0 Å². The summed E-state index contributed by atoms with van der Waals surface area (Å²) < 4.78 is 5.37. The highest BCUT2D eigenvalue weighted by molar-refractivity contribution is 5.57. The van der Waals surface area contributed by atoms with Crippen molar-refractivity contribution in [2.24, 2.45) is 5.92 Å². The van der Waals surface area contributed by atoms with E-state index in [0.29, 0.717) is 5.92 Å². The number of piperidine rings is 1. The van der Waals surface area contributed by atoms with Gasteiger partial charge >= 0.3 is 0 Å². The molecule has 1 saturated heterocycles. The van der Waals surface area contributed by atoms with Gasteiger partial charge in [0.1, 0.15) is 5.75 Å². The third kappa shape index (κ3) is 3.45. The van der Waals surface area contributed by atoms with Crippen LogP contribution in [0.2, 0.25) is 0 Å². The zero-order chi connectivity index (χ0) is 14.7. The van der Waals surface area contributed by atoms with Crippen molar-refractivity contribution in [2.75, 3.05) is 32.5 Å². The SMILES string of the molecule is COc1cc(C2CCN(CC(C)C)CC2)c(C)cc1N. The summed E-state index contributed by atoms with van der Waals surface area (Å²) in [5.41, 5.74) is 9.43. The maximum absolute atomic E-state index is 5.97. The maximum atomic E-state index is 5.97. The highest BCUT2D eigenvalue weighted by Gasteiger charge is 2.23. The topological polar surface area (TPSA) is 38.5 Å². The molecule has 1 aromatic rings. The lowest BCUT2D eigenvalue weighted by atomic mass is 9.86. The smallest absolute Gasteiger partial charge is 0.142 e. The van der Waals surface area contributed by atoms with Crippen LogP contribution in [0.15, 0.2) is 12.1 Å². The second-order valence-corrected chi connectivity index (χ2v) is 6.42. The van der Waals surface area contributed by atoms with Crippen LogP contribution in [0.1, 0.15) is 43.7 Å². The summed E-state index contributed by atoms with van der Waals surface area (Å²) in [6, 6.07) is 4.20. The molecule has 0 amide bonds. The van der Waals surface area contributed by atoms with Gasteiger partial charge in [0.2, 0.25) is 0 Å². The van der Waals surface area contributed by atoms with Crippen LogP contribution in [0.5, 0.6) is 5.75 Å². The minimum Gasteiger partial charge on any atom is -0.495 e. The predicted molar refractivity (Wildman–Crippen MR) is 85.4 cm³/mol. The van der Waals surface area contributed by atoms with E-state index in [1.165, 1.54) is 43.6 Å². The summed E-state index contributed by atoms with van der Waals surface area (Å²) in [5, 5.41) is 0. The fraction of sp³-hybridized carbons (Fsp3) is 0.647. The lowest BCUT2D eigenvalue weighted by Crippen LogP contribution is -2.35.